The number of hydrogen-bond acceptors (Lipinski definition) is 5. The van der Waals surface area contributed by atoms with Gasteiger partial charge in [-0.25, -0.2) is 0 Å². The summed E-state index contributed by atoms with van der Waals surface area (Å²) in [5.74, 6) is 0.277. The van der Waals surface area contributed by atoms with Gasteiger partial charge in [0.25, 0.3) is 0 Å². The first-order valence-electron chi connectivity index (χ1n) is 5.67. The minimum Gasteiger partial charge on any atom is -0.409 e. The molecule has 4 N–H and O–H groups in total. The van der Waals surface area contributed by atoms with Crippen LogP contribution in [-0.4, -0.2) is 60.0 Å². The van der Waals surface area contributed by atoms with Gasteiger partial charge in [0.1, 0.15) is 5.84 Å². The second-order valence-electron chi connectivity index (χ2n) is 3.98. The summed E-state index contributed by atoms with van der Waals surface area (Å²) in [6.07, 6.45) is 2.83. The highest BCUT2D eigenvalue weighted by Gasteiger charge is 2.19. The van der Waals surface area contributed by atoms with Crippen LogP contribution in [0.25, 0.3) is 0 Å². The van der Waals surface area contributed by atoms with Crippen LogP contribution in [0.3, 0.4) is 0 Å². The van der Waals surface area contributed by atoms with Crippen molar-refractivity contribution in [3.63, 3.8) is 0 Å². The van der Waals surface area contributed by atoms with E-state index >= 15 is 0 Å². The van der Waals surface area contributed by atoms with E-state index < -0.39 is 0 Å². The summed E-state index contributed by atoms with van der Waals surface area (Å²) < 4.78 is 5.46. The average molecular weight is 231 g/mol. The quantitative estimate of drug-likeness (QED) is 0.250. The summed E-state index contributed by atoms with van der Waals surface area (Å²) in [5.41, 5.74) is 5.40. The fraction of sp³-hybridized carbons (Fsp3) is 0.900. The van der Waals surface area contributed by atoms with Gasteiger partial charge >= 0.3 is 0 Å². The van der Waals surface area contributed by atoms with E-state index in [1.54, 1.807) is 0 Å². The van der Waals surface area contributed by atoms with Crippen molar-refractivity contribution in [3.05, 3.63) is 0 Å². The molecule has 0 radical (unpaired) electrons. The van der Waals surface area contributed by atoms with Crippen LogP contribution in [0, 0.1) is 0 Å². The van der Waals surface area contributed by atoms with Crippen LogP contribution in [0.15, 0.2) is 5.16 Å². The topological polar surface area (TPSA) is 91.3 Å². The summed E-state index contributed by atoms with van der Waals surface area (Å²) in [6, 6.07) is 0. The molecule has 0 atom stereocenters. The lowest BCUT2D eigenvalue weighted by atomic mass is 10.1. The minimum atomic E-state index is 0.0870. The number of nitrogens with zero attached hydrogens (tertiary/aromatic N) is 2. The molecule has 0 aromatic rings. The van der Waals surface area contributed by atoms with E-state index in [1.165, 1.54) is 0 Å². The number of oxime groups is 1. The SMILES string of the molecule is NC(CCN1CCC(OCCO)CC1)=NO. The number of nitrogens with two attached hydrogens (primary N) is 1. The van der Waals surface area contributed by atoms with Gasteiger partial charge in [-0.3, -0.25) is 0 Å². The highest BCUT2D eigenvalue weighted by Crippen LogP contribution is 2.13. The normalized spacial score (nSPS) is 20.2. The Morgan fingerprint density at radius 1 is 1.44 bits per heavy atom. The van der Waals surface area contributed by atoms with E-state index in [2.05, 4.69) is 10.1 Å². The Balaban J connectivity index is 2.12. The van der Waals surface area contributed by atoms with E-state index in [4.69, 9.17) is 20.8 Å². The fourth-order valence-electron chi connectivity index (χ4n) is 1.84. The zero-order valence-corrected chi connectivity index (χ0v) is 9.51. The first-order valence-corrected chi connectivity index (χ1v) is 5.67. The number of piperidine rings is 1. The van der Waals surface area contributed by atoms with Crippen LogP contribution < -0.4 is 5.73 Å². The molecule has 0 unspecified atom stereocenters. The Hall–Kier alpha value is -0.850. The van der Waals surface area contributed by atoms with Gasteiger partial charge in [0, 0.05) is 26.1 Å². The molecule has 1 rings (SSSR count). The Morgan fingerprint density at radius 3 is 2.69 bits per heavy atom. The summed E-state index contributed by atoms with van der Waals surface area (Å²) in [4.78, 5) is 2.27. The Labute approximate surface area is 95.7 Å². The average Bonchev–Trinajstić information content (AvgIpc) is 2.34. The van der Waals surface area contributed by atoms with Gasteiger partial charge in [-0.2, -0.15) is 0 Å². The van der Waals surface area contributed by atoms with E-state index in [1.807, 2.05) is 0 Å². The highest BCUT2D eigenvalue weighted by molar-refractivity contribution is 5.79. The molecule has 1 aliphatic rings. The van der Waals surface area contributed by atoms with Gasteiger partial charge in [-0.15, -0.1) is 0 Å². The molecule has 0 aromatic heterocycles. The van der Waals surface area contributed by atoms with Crippen molar-refractivity contribution in [2.24, 2.45) is 10.9 Å². The molecule has 0 aliphatic carbocycles. The lowest BCUT2D eigenvalue weighted by Gasteiger charge is -2.31. The molecule has 0 amide bonds. The van der Waals surface area contributed by atoms with Crippen LogP contribution in [-0.2, 0) is 4.74 Å². The van der Waals surface area contributed by atoms with Crippen molar-refractivity contribution < 1.29 is 15.1 Å². The molecule has 1 fully saturated rings. The minimum absolute atomic E-state index is 0.0870. The summed E-state index contributed by atoms with van der Waals surface area (Å²) >= 11 is 0. The van der Waals surface area contributed by atoms with Crippen LogP contribution in [0.5, 0.6) is 0 Å². The van der Waals surface area contributed by atoms with Gasteiger partial charge in [-0.05, 0) is 12.8 Å². The van der Waals surface area contributed by atoms with Crippen LogP contribution in [0.4, 0.5) is 0 Å². The van der Waals surface area contributed by atoms with Crippen molar-refractivity contribution in [2.75, 3.05) is 32.8 Å². The molecule has 16 heavy (non-hydrogen) atoms. The number of ether oxygens (including phenoxy) is 1. The molecule has 6 heteroatoms. The van der Waals surface area contributed by atoms with E-state index in [-0.39, 0.29) is 18.5 Å². The van der Waals surface area contributed by atoms with Crippen molar-refractivity contribution in [3.8, 4) is 0 Å². The molecule has 1 heterocycles. The lowest BCUT2D eigenvalue weighted by molar-refractivity contribution is -0.00727. The maximum atomic E-state index is 8.64. The predicted octanol–water partition coefficient (Wildman–Crippen LogP) is -0.404. The number of rotatable bonds is 6. The van der Waals surface area contributed by atoms with Gasteiger partial charge in [0.05, 0.1) is 19.3 Å². The molecule has 94 valence electrons. The monoisotopic (exact) mass is 231 g/mol. The molecular weight excluding hydrogens is 210 g/mol. The maximum Gasteiger partial charge on any atom is 0.140 e. The van der Waals surface area contributed by atoms with Gasteiger partial charge < -0.3 is 25.7 Å². The Bertz CT molecular complexity index is 215. The number of aliphatic hydroxyl groups excluding tert-OH is 1. The molecule has 1 saturated heterocycles. The predicted molar refractivity (Wildman–Crippen MR) is 60.5 cm³/mol. The maximum absolute atomic E-state index is 8.64. The first kappa shape index (κ1) is 13.2. The lowest BCUT2D eigenvalue weighted by Crippen LogP contribution is -2.38. The van der Waals surface area contributed by atoms with Crippen molar-refractivity contribution >= 4 is 5.84 Å². The third-order valence-corrected chi connectivity index (χ3v) is 2.79. The molecule has 0 aromatic carbocycles. The van der Waals surface area contributed by atoms with E-state index in [9.17, 15) is 0 Å². The number of aliphatic hydroxyl groups is 1. The van der Waals surface area contributed by atoms with E-state index in [0.29, 0.717) is 13.0 Å². The second-order valence-corrected chi connectivity index (χ2v) is 3.98. The van der Waals surface area contributed by atoms with Gasteiger partial charge in [-0.1, -0.05) is 5.16 Å². The van der Waals surface area contributed by atoms with E-state index in [0.717, 1.165) is 32.5 Å². The number of amidine groups is 1. The molecule has 0 bridgehead atoms. The first-order chi connectivity index (χ1) is 7.76. The fourth-order valence-corrected chi connectivity index (χ4v) is 1.84. The third-order valence-electron chi connectivity index (χ3n) is 2.79. The third kappa shape index (κ3) is 4.78. The van der Waals surface area contributed by atoms with Crippen LogP contribution in [0.2, 0.25) is 0 Å². The summed E-state index contributed by atoms with van der Waals surface area (Å²) in [6.45, 7) is 3.27. The molecule has 0 spiro atoms. The van der Waals surface area contributed by atoms with Gasteiger partial charge in [0.2, 0.25) is 0 Å². The van der Waals surface area contributed by atoms with Crippen molar-refractivity contribution in [2.45, 2.75) is 25.4 Å². The zero-order valence-electron chi connectivity index (χ0n) is 9.51. The van der Waals surface area contributed by atoms with Crippen molar-refractivity contribution in [1.82, 2.24) is 4.90 Å². The standard InChI is InChI=1S/C10H21N3O3/c11-10(12-15)3-6-13-4-1-9(2-5-13)16-8-7-14/h9,14-15H,1-8H2,(H2,11,12). The largest absolute Gasteiger partial charge is 0.409 e. The summed E-state index contributed by atoms with van der Waals surface area (Å²) in [7, 11) is 0. The van der Waals surface area contributed by atoms with Gasteiger partial charge in [0.15, 0.2) is 0 Å². The highest BCUT2D eigenvalue weighted by atomic mass is 16.5. The molecule has 1 aliphatic heterocycles. The number of likely N-dealkylation sites (tertiary alicyclic amines) is 1. The van der Waals surface area contributed by atoms with Crippen LogP contribution in [0.1, 0.15) is 19.3 Å². The molecule has 0 saturated carbocycles. The molecular formula is C10H21N3O3. The smallest absolute Gasteiger partial charge is 0.140 e. The molecule has 6 nitrogen and oxygen atoms in total. The second kappa shape index (κ2) is 7.43. The Kier molecular flexibility index (Phi) is 6.14. The summed E-state index contributed by atoms with van der Waals surface area (Å²) in [5, 5.41) is 20.0. The number of hydrogen-bond donors (Lipinski definition) is 3. The zero-order chi connectivity index (χ0) is 11.8. The van der Waals surface area contributed by atoms with Crippen LogP contribution >= 0.6 is 0 Å². The Morgan fingerprint density at radius 2 is 2.12 bits per heavy atom. The van der Waals surface area contributed by atoms with Crippen molar-refractivity contribution in [1.29, 1.82) is 0 Å².